The zero-order valence-corrected chi connectivity index (χ0v) is 15.6. The summed E-state index contributed by atoms with van der Waals surface area (Å²) in [5.74, 6) is 0.517. The third kappa shape index (κ3) is 3.67. The fourth-order valence-corrected chi connectivity index (χ4v) is 4.95. The van der Waals surface area contributed by atoms with Crippen molar-refractivity contribution in [1.82, 2.24) is 14.8 Å². The van der Waals surface area contributed by atoms with Gasteiger partial charge in [-0.25, -0.2) is 9.37 Å². The van der Waals surface area contributed by atoms with Gasteiger partial charge in [0.15, 0.2) is 0 Å². The number of hydrogen-bond acceptors (Lipinski definition) is 4. The van der Waals surface area contributed by atoms with E-state index < -0.39 is 0 Å². The van der Waals surface area contributed by atoms with Gasteiger partial charge in [0.1, 0.15) is 5.82 Å². The molecule has 3 heterocycles. The van der Waals surface area contributed by atoms with E-state index in [9.17, 15) is 9.18 Å². The second kappa shape index (κ2) is 7.84. The van der Waals surface area contributed by atoms with Crippen molar-refractivity contribution < 1.29 is 9.18 Å². The summed E-state index contributed by atoms with van der Waals surface area (Å²) in [4.78, 5) is 21.6. The molecule has 1 aromatic carbocycles. The van der Waals surface area contributed by atoms with Gasteiger partial charge in [0.25, 0.3) is 0 Å². The molecule has 6 heteroatoms. The predicted octanol–water partition coefficient (Wildman–Crippen LogP) is 3.65. The molecule has 26 heavy (non-hydrogen) atoms. The smallest absolute Gasteiger partial charge is 0.239 e. The lowest BCUT2D eigenvalue weighted by atomic mass is 9.97. The van der Waals surface area contributed by atoms with Gasteiger partial charge in [0.2, 0.25) is 5.91 Å². The summed E-state index contributed by atoms with van der Waals surface area (Å²) in [6, 6.07) is 6.76. The Morgan fingerprint density at radius 2 is 2.00 bits per heavy atom. The van der Waals surface area contributed by atoms with Crippen LogP contribution in [0, 0.1) is 5.82 Å². The Balaban J connectivity index is 1.37. The van der Waals surface area contributed by atoms with Crippen molar-refractivity contribution in [3.63, 3.8) is 0 Å². The quantitative estimate of drug-likeness (QED) is 0.821. The molecular formula is C20H24FN3OS. The third-order valence-corrected chi connectivity index (χ3v) is 6.53. The Kier molecular flexibility index (Phi) is 5.31. The number of benzene rings is 1. The van der Waals surface area contributed by atoms with E-state index >= 15 is 0 Å². The Morgan fingerprint density at radius 1 is 1.19 bits per heavy atom. The molecule has 138 valence electrons. The Labute approximate surface area is 157 Å². The van der Waals surface area contributed by atoms with Crippen molar-refractivity contribution in [2.45, 2.75) is 44.2 Å². The van der Waals surface area contributed by atoms with Crippen LogP contribution in [0.15, 0.2) is 35.8 Å². The first-order chi connectivity index (χ1) is 12.7. The highest BCUT2D eigenvalue weighted by molar-refractivity contribution is 7.09. The van der Waals surface area contributed by atoms with E-state index in [0.717, 1.165) is 45.3 Å². The number of piperidine rings is 1. The van der Waals surface area contributed by atoms with Gasteiger partial charge in [-0.1, -0.05) is 18.2 Å². The van der Waals surface area contributed by atoms with Gasteiger partial charge in [-0.3, -0.25) is 9.69 Å². The molecule has 1 unspecified atom stereocenters. The Morgan fingerprint density at radius 3 is 2.73 bits per heavy atom. The van der Waals surface area contributed by atoms with Crippen molar-refractivity contribution in [3.05, 3.63) is 52.2 Å². The van der Waals surface area contributed by atoms with Gasteiger partial charge in [-0.15, -0.1) is 11.3 Å². The molecule has 2 aliphatic rings. The van der Waals surface area contributed by atoms with Gasteiger partial charge in [-0.05, 0) is 38.3 Å². The predicted molar refractivity (Wildman–Crippen MR) is 101 cm³/mol. The maximum Gasteiger partial charge on any atom is 0.239 e. The molecule has 0 N–H and O–H groups in total. The third-order valence-electron chi connectivity index (χ3n) is 5.59. The number of likely N-dealkylation sites (tertiary alicyclic amines) is 2. The van der Waals surface area contributed by atoms with E-state index in [1.165, 1.54) is 11.1 Å². The van der Waals surface area contributed by atoms with E-state index in [-0.39, 0.29) is 17.8 Å². The number of aromatic nitrogens is 1. The maximum absolute atomic E-state index is 14.0. The second-order valence-electron chi connectivity index (χ2n) is 7.19. The number of halogens is 1. The van der Waals surface area contributed by atoms with Crippen LogP contribution in [0.25, 0.3) is 0 Å². The monoisotopic (exact) mass is 373 g/mol. The summed E-state index contributed by atoms with van der Waals surface area (Å²) >= 11 is 1.71. The summed E-state index contributed by atoms with van der Waals surface area (Å²) in [7, 11) is 0. The molecule has 0 radical (unpaired) electrons. The Bertz CT molecular complexity index is 743. The lowest BCUT2D eigenvalue weighted by Gasteiger charge is -2.35. The molecule has 2 saturated heterocycles. The lowest BCUT2D eigenvalue weighted by Crippen LogP contribution is -2.48. The van der Waals surface area contributed by atoms with Crippen LogP contribution < -0.4 is 0 Å². The van der Waals surface area contributed by atoms with Crippen LogP contribution in [0.3, 0.4) is 0 Å². The van der Waals surface area contributed by atoms with E-state index in [1.807, 2.05) is 28.6 Å². The minimum atomic E-state index is -0.185. The van der Waals surface area contributed by atoms with Crippen LogP contribution in [-0.4, -0.2) is 46.4 Å². The average Bonchev–Trinajstić information content (AvgIpc) is 3.35. The molecule has 2 aromatic rings. The number of amides is 1. The van der Waals surface area contributed by atoms with Crippen molar-refractivity contribution in [3.8, 4) is 0 Å². The maximum atomic E-state index is 14.0. The van der Waals surface area contributed by atoms with Gasteiger partial charge >= 0.3 is 0 Å². The molecular weight excluding hydrogens is 349 g/mol. The Hall–Kier alpha value is -1.79. The molecule has 1 amide bonds. The standard InChI is InChI=1S/C20H24FN3OS/c21-17-5-2-1-4-16(17)14-24-10-3-6-18(24)20(25)23-11-7-15(8-12-23)19-22-9-13-26-19/h1-2,4-5,9,13,15,18H,3,6-8,10-12,14H2. The van der Waals surface area contributed by atoms with E-state index in [2.05, 4.69) is 9.88 Å². The number of carbonyl (C=O) groups is 1. The van der Waals surface area contributed by atoms with Crippen LogP contribution in [0.5, 0.6) is 0 Å². The van der Waals surface area contributed by atoms with Crippen molar-refractivity contribution in [1.29, 1.82) is 0 Å². The minimum Gasteiger partial charge on any atom is -0.341 e. The fraction of sp³-hybridized carbons (Fsp3) is 0.500. The second-order valence-corrected chi connectivity index (χ2v) is 8.12. The summed E-state index contributed by atoms with van der Waals surface area (Å²) < 4.78 is 14.0. The number of thiazole rings is 1. The highest BCUT2D eigenvalue weighted by Crippen LogP contribution is 2.31. The van der Waals surface area contributed by atoms with Gasteiger partial charge in [-0.2, -0.15) is 0 Å². The number of rotatable bonds is 4. The molecule has 0 saturated carbocycles. The van der Waals surface area contributed by atoms with Crippen molar-refractivity contribution in [2.24, 2.45) is 0 Å². The zero-order chi connectivity index (χ0) is 17.9. The summed E-state index contributed by atoms with van der Waals surface area (Å²) in [5, 5.41) is 3.21. The van der Waals surface area contributed by atoms with Gasteiger partial charge < -0.3 is 4.90 Å². The largest absolute Gasteiger partial charge is 0.341 e. The van der Waals surface area contributed by atoms with Crippen molar-refractivity contribution in [2.75, 3.05) is 19.6 Å². The summed E-state index contributed by atoms with van der Waals surface area (Å²) in [6.45, 7) is 2.97. The van der Waals surface area contributed by atoms with Crippen molar-refractivity contribution >= 4 is 17.2 Å². The van der Waals surface area contributed by atoms with Crippen LogP contribution in [0.1, 0.15) is 42.2 Å². The molecule has 4 rings (SSSR count). The number of nitrogens with zero attached hydrogens (tertiary/aromatic N) is 3. The van der Waals surface area contributed by atoms with Crippen LogP contribution in [-0.2, 0) is 11.3 Å². The van der Waals surface area contributed by atoms with Gasteiger partial charge in [0.05, 0.1) is 11.0 Å². The lowest BCUT2D eigenvalue weighted by molar-refractivity contribution is -0.137. The first-order valence-electron chi connectivity index (χ1n) is 9.38. The average molecular weight is 373 g/mol. The molecule has 0 bridgehead atoms. The molecule has 0 spiro atoms. The van der Waals surface area contributed by atoms with Crippen LogP contribution >= 0.6 is 11.3 Å². The SMILES string of the molecule is O=C(C1CCCN1Cc1ccccc1F)N1CCC(c2nccs2)CC1. The number of hydrogen-bond donors (Lipinski definition) is 0. The normalized spacial score (nSPS) is 22.0. The van der Waals surface area contributed by atoms with Gasteiger partial charge in [0, 0.05) is 42.7 Å². The molecule has 1 aromatic heterocycles. The molecule has 2 fully saturated rings. The highest BCUT2D eigenvalue weighted by atomic mass is 32.1. The topological polar surface area (TPSA) is 36.4 Å². The summed E-state index contributed by atoms with van der Waals surface area (Å²) in [6.07, 6.45) is 5.70. The van der Waals surface area contributed by atoms with Crippen LogP contribution in [0.2, 0.25) is 0 Å². The minimum absolute atomic E-state index is 0.106. The molecule has 0 aliphatic carbocycles. The highest BCUT2D eigenvalue weighted by Gasteiger charge is 2.35. The first kappa shape index (κ1) is 17.6. The van der Waals surface area contributed by atoms with E-state index in [1.54, 1.807) is 17.4 Å². The first-order valence-corrected chi connectivity index (χ1v) is 10.3. The van der Waals surface area contributed by atoms with E-state index in [4.69, 9.17) is 0 Å². The fourth-order valence-electron chi connectivity index (χ4n) is 4.13. The number of carbonyl (C=O) groups excluding carboxylic acids is 1. The zero-order valence-electron chi connectivity index (χ0n) is 14.8. The van der Waals surface area contributed by atoms with E-state index in [0.29, 0.717) is 18.0 Å². The molecule has 1 atom stereocenters. The molecule has 4 nitrogen and oxygen atoms in total. The molecule has 2 aliphatic heterocycles. The van der Waals surface area contributed by atoms with Crippen LogP contribution in [0.4, 0.5) is 4.39 Å². The summed E-state index contributed by atoms with van der Waals surface area (Å²) in [5.41, 5.74) is 0.676.